The number of methoxy groups -OCH3 is 1. The summed E-state index contributed by atoms with van der Waals surface area (Å²) in [5, 5.41) is 0. The van der Waals surface area contributed by atoms with Crippen LogP contribution < -0.4 is 15.2 Å². The summed E-state index contributed by atoms with van der Waals surface area (Å²) in [5.41, 5.74) is 6.70. The number of para-hydroxylation sites is 1. The van der Waals surface area contributed by atoms with Crippen molar-refractivity contribution in [1.29, 1.82) is 0 Å². The maximum atomic E-state index is 12.6. The second-order valence-corrected chi connectivity index (χ2v) is 8.87. The number of nitrogens with zero attached hydrogens (tertiary/aromatic N) is 1. The Labute approximate surface area is 167 Å². The van der Waals surface area contributed by atoms with E-state index in [0.29, 0.717) is 12.3 Å². The highest BCUT2D eigenvalue weighted by Crippen LogP contribution is 2.55. The van der Waals surface area contributed by atoms with Crippen molar-refractivity contribution in [3.8, 4) is 11.5 Å². The van der Waals surface area contributed by atoms with Crippen molar-refractivity contribution in [2.45, 2.75) is 63.9 Å². The van der Waals surface area contributed by atoms with Crippen molar-refractivity contribution in [2.75, 3.05) is 20.2 Å². The van der Waals surface area contributed by atoms with Crippen molar-refractivity contribution in [3.63, 3.8) is 0 Å². The van der Waals surface area contributed by atoms with Gasteiger partial charge in [-0.25, -0.2) is 0 Å². The maximum absolute atomic E-state index is 12.6. The number of hydrogen-bond acceptors (Lipinski definition) is 5. The van der Waals surface area contributed by atoms with Crippen LogP contribution in [0.5, 0.6) is 11.5 Å². The molecule has 0 radical (unpaired) electrons. The minimum Gasteiger partial charge on any atom is -0.493 e. The zero-order valence-corrected chi connectivity index (χ0v) is 17.3. The Morgan fingerprint density at radius 3 is 2.93 bits per heavy atom. The van der Waals surface area contributed by atoms with Crippen LogP contribution in [0.15, 0.2) is 18.2 Å². The second-order valence-electron chi connectivity index (χ2n) is 8.87. The van der Waals surface area contributed by atoms with Gasteiger partial charge in [0.2, 0.25) is 5.91 Å². The highest BCUT2D eigenvalue weighted by atomic mass is 16.5. The van der Waals surface area contributed by atoms with E-state index in [0.717, 1.165) is 43.0 Å². The monoisotopic (exact) mass is 388 g/mol. The molecule has 1 aromatic carbocycles. The van der Waals surface area contributed by atoms with Crippen LogP contribution in [0.1, 0.15) is 51.7 Å². The lowest BCUT2D eigenvalue weighted by atomic mass is 9.70. The van der Waals surface area contributed by atoms with E-state index in [1.165, 1.54) is 0 Å². The van der Waals surface area contributed by atoms with Gasteiger partial charge < -0.3 is 24.8 Å². The Balaban J connectivity index is 1.59. The highest BCUT2D eigenvalue weighted by Gasteiger charge is 2.52. The van der Waals surface area contributed by atoms with E-state index in [-0.39, 0.29) is 29.6 Å². The molecule has 0 aliphatic carbocycles. The summed E-state index contributed by atoms with van der Waals surface area (Å²) in [5.74, 6) is 2.17. The standard InChI is InChI=1S/C22H32N2O4/c1-5-16(23)21(25)24-10-9-17-13(12-24)11-15-19(27-17)14-7-6-8-18(26-4)20(14)28-22(15,2)3/h6-8,13,15-17,19H,5,9-12,23H2,1-4H3/t13-,15+,16-,17+,19-/m0/s1. The van der Waals surface area contributed by atoms with Crippen molar-refractivity contribution in [3.05, 3.63) is 23.8 Å². The predicted octanol–water partition coefficient (Wildman–Crippen LogP) is 2.90. The van der Waals surface area contributed by atoms with Crippen LogP contribution >= 0.6 is 0 Å². The molecular weight excluding hydrogens is 356 g/mol. The Morgan fingerprint density at radius 1 is 1.43 bits per heavy atom. The lowest BCUT2D eigenvalue weighted by Crippen LogP contribution is -2.57. The summed E-state index contributed by atoms with van der Waals surface area (Å²) in [7, 11) is 1.67. The third-order valence-electron chi connectivity index (χ3n) is 6.77. The number of carbonyl (C=O) groups excluding carboxylic acids is 1. The van der Waals surface area contributed by atoms with Crippen molar-refractivity contribution >= 4 is 5.91 Å². The summed E-state index contributed by atoms with van der Waals surface area (Å²) in [6.45, 7) is 7.65. The molecule has 5 atom stereocenters. The number of hydrogen-bond donors (Lipinski definition) is 1. The van der Waals surface area contributed by atoms with Gasteiger partial charge in [-0.05, 0) is 39.2 Å². The van der Waals surface area contributed by atoms with E-state index in [1.807, 2.05) is 24.0 Å². The van der Waals surface area contributed by atoms with E-state index >= 15 is 0 Å². The molecule has 6 heteroatoms. The van der Waals surface area contributed by atoms with Gasteiger partial charge in [-0.3, -0.25) is 4.79 Å². The van der Waals surface area contributed by atoms with E-state index in [4.69, 9.17) is 19.9 Å². The fraction of sp³-hybridized carbons (Fsp3) is 0.682. The fourth-order valence-corrected chi connectivity index (χ4v) is 5.06. The number of likely N-dealkylation sites (tertiary alicyclic amines) is 1. The van der Waals surface area contributed by atoms with Crippen LogP contribution in [-0.4, -0.2) is 48.8 Å². The number of nitrogens with two attached hydrogens (primary N) is 1. The minimum absolute atomic E-state index is 0.00440. The number of rotatable bonds is 3. The Kier molecular flexibility index (Phi) is 5.04. The average Bonchev–Trinajstić information content (AvgIpc) is 2.70. The molecule has 2 N–H and O–H groups in total. The highest BCUT2D eigenvalue weighted by molar-refractivity contribution is 5.81. The summed E-state index contributed by atoms with van der Waals surface area (Å²) in [4.78, 5) is 14.5. The van der Waals surface area contributed by atoms with Gasteiger partial charge in [0.25, 0.3) is 0 Å². The van der Waals surface area contributed by atoms with Gasteiger partial charge in [-0.15, -0.1) is 0 Å². The van der Waals surface area contributed by atoms with E-state index in [2.05, 4.69) is 19.9 Å². The summed E-state index contributed by atoms with van der Waals surface area (Å²) in [6, 6.07) is 5.62. The molecule has 3 aliphatic rings. The number of carbonyl (C=O) groups is 1. The third kappa shape index (κ3) is 3.16. The molecule has 3 heterocycles. The van der Waals surface area contributed by atoms with Gasteiger partial charge in [0.1, 0.15) is 5.60 Å². The Bertz CT molecular complexity index is 750. The van der Waals surface area contributed by atoms with Gasteiger partial charge in [0.05, 0.1) is 25.4 Å². The molecular formula is C22H32N2O4. The lowest BCUT2D eigenvalue weighted by molar-refractivity contribution is -0.189. The molecule has 2 saturated heterocycles. The molecule has 1 aromatic rings. The van der Waals surface area contributed by atoms with E-state index < -0.39 is 6.04 Å². The number of piperidine rings is 1. The fourth-order valence-electron chi connectivity index (χ4n) is 5.06. The summed E-state index contributed by atoms with van der Waals surface area (Å²) >= 11 is 0. The lowest BCUT2D eigenvalue weighted by Gasteiger charge is -2.53. The normalized spacial score (nSPS) is 31.7. The first-order valence-electron chi connectivity index (χ1n) is 10.4. The van der Waals surface area contributed by atoms with Gasteiger partial charge in [0.15, 0.2) is 11.5 Å². The molecule has 0 unspecified atom stereocenters. The minimum atomic E-state index is -0.400. The zero-order chi connectivity index (χ0) is 20.1. The summed E-state index contributed by atoms with van der Waals surface area (Å²) in [6.07, 6.45) is 2.66. The molecule has 0 saturated carbocycles. The predicted molar refractivity (Wildman–Crippen MR) is 106 cm³/mol. The van der Waals surface area contributed by atoms with Crippen LogP contribution in [-0.2, 0) is 9.53 Å². The molecule has 4 rings (SSSR count). The first-order chi connectivity index (χ1) is 13.4. The van der Waals surface area contributed by atoms with Crippen LogP contribution in [0.25, 0.3) is 0 Å². The molecule has 0 aromatic heterocycles. The third-order valence-corrected chi connectivity index (χ3v) is 6.77. The summed E-state index contributed by atoms with van der Waals surface area (Å²) < 4.78 is 18.6. The molecule has 6 nitrogen and oxygen atoms in total. The van der Waals surface area contributed by atoms with Crippen molar-refractivity contribution in [2.24, 2.45) is 17.6 Å². The maximum Gasteiger partial charge on any atom is 0.239 e. The SMILES string of the molecule is CC[C@H](N)C(=O)N1CC[C@H]2O[C@H]3c4cccc(OC)c4OC(C)(C)[C@@H]3C[C@H]2C1. The van der Waals surface area contributed by atoms with E-state index in [1.54, 1.807) is 7.11 Å². The number of fused-ring (bicyclic) bond motifs is 4. The van der Waals surface area contributed by atoms with E-state index in [9.17, 15) is 4.79 Å². The number of amides is 1. The Hall–Kier alpha value is -1.79. The average molecular weight is 389 g/mol. The number of ether oxygens (including phenoxy) is 3. The van der Waals surface area contributed by atoms with Crippen LogP contribution in [0.4, 0.5) is 0 Å². The topological polar surface area (TPSA) is 74.0 Å². The van der Waals surface area contributed by atoms with Gasteiger partial charge in [0, 0.05) is 30.5 Å². The molecule has 28 heavy (non-hydrogen) atoms. The molecule has 0 bridgehead atoms. The second kappa shape index (κ2) is 7.23. The van der Waals surface area contributed by atoms with Gasteiger partial charge in [-0.2, -0.15) is 0 Å². The first-order valence-corrected chi connectivity index (χ1v) is 10.4. The largest absolute Gasteiger partial charge is 0.493 e. The smallest absolute Gasteiger partial charge is 0.239 e. The van der Waals surface area contributed by atoms with Gasteiger partial charge >= 0.3 is 0 Å². The molecule has 2 fully saturated rings. The van der Waals surface area contributed by atoms with Gasteiger partial charge in [-0.1, -0.05) is 19.1 Å². The van der Waals surface area contributed by atoms with Crippen LogP contribution in [0, 0.1) is 11.8 Å². The molecule has 0 spiro atoms. The molecule has 3 aliphatic heterocycles. The van der Waals surface area contributed by atoms with Crippen LogP contribution in [0.2, 0.25) is 0 Å². The Morgan fingerprint density at radius 2 is 2.21 bits per heavy atom. The van der Waals surface area contributed by atoms with Crippen molar-refractivity contribution < 1.29 is 19.0 Å². The number of benzene rings is 1. The quantitative estimate of drug-likeness (QED) is 0.862. The molecule has 1 amide bonds. The molecule has 154 valence electrons. The first kappa shape index (κ1) is 19.5. The van der Waals surface area contributed by atoms with Crippen molar-refractivity contribution in [1.82, 2.24) is 4.90 Å². The van der Waals surface area contributed by atoms with Crippen LogP contribution in [0.3, 0.4) is 0 Å². The zero-order valence-electron chi connectivity index (χ0n) is 17.3.